The number of aliphatic hydroxyl groups is 1. The van der Waals surface area contributed by atoms with E-state index in [1.807, 2.05) is 12.1 Å². The van der Waals surface area contributed by atoms with Crippen LogP contribution < -0.4 is 20.3 Å². The van der Waals surface area contributed by atoms with Crippen LogP contribution >= 0.6 is 11.6 Å². The summed E-state index contributed by atoms with van der Waals surface area (Å²) < 4.78 is 25.3. The molecule has 0 bridgehead atoms. The highest BCUT2D eigenvalue weighted by atomic mass is 35.5. The van der Waals surface area contributed by atoms with Gasteiger partial charge in [-0.1, -0.05) is 48.0 Å². The van der Waals surface area contributed by atoms with E-state index in [1.54, 1.807) is 18.3 Å². The number of ether oxygens (including phenoxy) is 2. The second-order valence-corrected chi connectivity index (χ2v) is 13.2. The first-order chi connectivity index (χ1) is 22.4. The summed E-state index contributed by atoms with van der Waals surface area (Å²) in [6.45, 7) is 13.9. The molecule has 1 aromatic heterocycles. The molecule has 244 valence electrons. The normalized spacial score (nSPS) is 15.0. The topological polar surface area (TPSA) is 106 Å². The molecule has 0 saturated carbocycles. The number of halogens is 1. The zero-order valence-electron chi connectivity index (χ0n) is 27.8. The SMILES string of the molecule is Cc1c(COc2cc(OCc3cncc(C#N)c3)c(CNCCO)cc2Cl)cccc1-c1cccc(B2OC(C)(C)C(C)(C)O2)c1C. The van der Waals surface area contributed by atoms with Crippen molar-refractivity contribution in [1.82, 2.24) is 10.3 Å². The molecule has 2 N–H and O–H groups in total. The van der Waals surface area contributed by atoms with Gasteiger partial charge in [0.1, 0.15) is 30.8 Å². The van der Waals surface area contributed by atoms with Gasteiger partial charge in [0, 0.05) is 42.7 Å². The molecule has 8 nitrogen and oxygen atoms in total. The molecule has 3 aromatic carbocycles. The third kappa shape index (κ3) is 7.64. The van der Waals surface area contributed by atoms with E-state index in [-0.39, 0.29) is 13.2 Å². The maximum Gasteiger partial charge on any atom is 0.495 e. The number of nitrogens with one attached hydrogen (secondary N) is 1. The Bertz CT molecular complexity index is 1770. The first-order valence-corrected chi connectivity index (χ1v) is 16.1. The van der Waals surface area contributed by atoms with Crippen LogP contribution in [0.25, 0.3) is 11.1 Å². The maximum absolute atomic E-state index is 9.24. The van der Waals surface area contributed by atoms with Gasteiger partial charge in [-0.2, -0.15) is 5.26 Å². The highest BCUT2D eigenvalue weighted by Gasteiger charge is 2.52. The number of nitriles is 1. The predicted octanol–water partition coefficient (Wildman–Crippen LogP) is 6.43. The molecule has 0 unspecified atom stereocenters. The number of nitrogens with zero attached hydrogens (tertiary/aromatic N) is 2. The molecule has 0 amide bonds. The molecule has 10 heteroatoms. The fraction of sp³-hybridized carbons (Fsp3) is 0.351. The number of rotatable bonds is 12. The Labute approximate surface area is 282 Å². The average Bonchev–Trinajstić information content (AvgIpc) is 3.26. The van der Waals surface area contributed by atoms with Gasteiger partial charge in [-0.15, -0.1) is 0 Å². The zero-order valence-corrected chi connectivity index (χ0v) is 28.6. The number of benzene rings is 3. The second-order valence-electron chi connectivity index (χ2n) is 12.8. The third-order valence-corrected chi connectivity index (χ3v) is 9.33. The van der Waals surface area contributed by atoms with E-state index in [0.717, 1.165) is 44.4 Å². The van der Waals surface area contributed by atoms with Gasteiger partial charge in [-0.3, -0.25) is 4.98 Å². The summed E-state index contributed by atoms with van der Waals surface area (Å²) in [6.07, 6.45) is 3.18. The number of aliphatic hydroxyl groups excluding tert-OH is 1. The first kappa shape index (κ1) is 34.4. The summed E-state index contributed by atoms with van der Waals surface area (Å²) in [5.41, 5.74) is 7.67. The van der Waals surface area contributed by atoms with Gasteiger partial charge in [0.15, 0.2) is 0 Å². The van der Waals surface area contributed by atoms with Crippen LogP contribution in [0.1, 0.15) is 61.1 Å². The maximum atomic E-state index is 9.24. The van der Waals surface area contributed by atoms with Crippen molar-refractivity contribution in [3.63, 3.8) is 0 Å². The molecule has 1 aliphatic heterocycles. The number of pyridine rings is 1. The molecule has 47 heavy (non-hydrogen) atoms. The molecule has 1 fully saturated rings. The van der Waals surface area contributed by atoms with Gasteiger partial charge in [-0.05, 0) is 87.0 Å². The van der Waals surface area contributed by atoms with Crippen LogP contribution in [0.5, 0.6) is 11.5 Å². The minimum Gasteiger partial charge on any atom is -0.488 e. The summed E-state index contributed by atoms with van der Waals surface area (Å²) in [5, 5.41) is 22.1. The Balaban J connectivity index is 1.38. The largest absolute Gasteiger partial charge is 0.495 e. The summed E-state index contributed by atoms with van der Waals surface area (Å²) in [5.74, 6) is 1.07. The highest BCUT2D eigenvalue weighted by Crippen LogP contribution is 2.38. The quantitative estimate of drug-likeness (QED) is 0.133. The molecule has 4 aromatic rings. The number of aromatic nitrogens is 1. The Morgan fingerprint density at radius 2 is 1.57 bits per heavy atom. The van der Waals surface area contributed by atoms with Crippen molar-refractivity contribution in [1.29, 1.82) is 5.26 Å². The van der Waals surface area contributed by atoms with E-state index in [0.29, 0.717) is 41.8 Å². The van der Waals surface area contributed by atoms with E-state index in [2.05, 4.69) is 88.2 Å². The van der Waals surface area contributed by atoms with E-state index >= 15 is 0 Å². The van der Waals surface area contributed by atoms with Crippen molar-refractivity contribution >= 4 is 24.2 Å². The Kier molecular flexibility index (Phi) is 10.6. The summed E-state index contributed by atoms with van der Waals surface area (Å²) in [6, 6.07) is 19.9. The van der Waals surface area contributed by atoms with E-state index < -0.39 is 18.3 Å². The van der Waals surface area contributed by atoms with Crippen LogP contribution in [0.15, 0.2) is 67.0 Å². The van der Waals surface area contributed by atoms with Gasteiger partial charge < -0.3 is 29.2 Å². The van der Waals surface area contributed by atoms with Crippen LogP contribution in [0, 0.1) is 25.2 Å². The van der Waals surface area contributed by atoms with Crippen molar-refractivity contribution in [2.75, 3.05) is 13.2 Å². The van der Waals surface area contributed by atoms with Crippen molar-refractivity contribution in [2.24, 2.45) is 0 Å². The van der Waals surface area contributed by atoms with Crippen molar-refractivity contribution in [3.05, 3.63) is 105 Å². The number of hydrogen-bond acceptors (Lipinski definition) is 8. The monoisotopic (exact) mass is 653 g/mol. The Morgan fingerprint density at radius 3 is 2.28 bits per heavy atom. The summed E-state index contributed by atoms with van der Waals surface area (Å²) in [7, 11) is -0.446. The summed E-state index contributed by atoms with van der Waals surface area (Å²) in [4.78, 5) is 4.12. The fourth-order valence-electron chi connectivity index (χ4n) is 5.51. The van der Waals surface area contributed by atoms with Crippen molar-refractivity contribution in [3.8, 4) is 28.7 Å². The molecule has 0 radical (unpaired) electrons. The highest BCUT2D eigenvalue weighted by molar-refractivity contribution is 6.62. The lowest BCUT2D eigenvalue weighted by Gasteiger charge is -2.32. The van der Waals surface area contributed by atoms with Crippen LogP contribution in [0.4, 0.5) is 0 Å². The van der Waals surface area contributed by atoms with Gasteiger partial charge in [0.2, 0.25) is 0 Å². The molecule has 5 rings (SSSR count). The molecule has 1 saturated heterocycles. The van der Waals surface area contributed by atoms with Gasteiger partial charge in [-0.25, -0.2) is 0 Å². The molecule has 0 aliphatic carbocycles. The van der Waals surface area contributed by atoms with Gasteiger partial charge in [0.25, 0.3) is 0 Å². The lowest BCUT2D eigenvalue weighted by Crippen LogP contribution is -2.41. The summed E-state index contributed by atoms with van der Waals surface area (Å²) >= 11 is 6.72. The minimum absolute atomic E-state index is 0.0124. The fourth-order valence-corrected chi connectivity index (χ4v) is 5.75. The smallest absolute Gasteiger partial charge is 0.488 e. The molecule has 0 spiro atoms. The minimum atomic E-state index is -0.446. The number of hydrogen-bond donors (Lipinski definition) is 2. The predicted molar refractivity (Wildman–Crippen MR) is 185 cm³/mol. The van der Waals surface area contributed by atoms with E-state index in [9.17, 15) is 10.4 Å². The van der Waals surface area contributed by atoms with E-state index in [1.165, 1.54) is 6.20 Å². The average molecular weight is 654 g/mol. The van der Waals surface area contributed by atoms with Gasteiger partial charge in [0.05, 0.1) is 28.4 Å². The lowest BCUT2D eigenvalue weighted by molar-refractivity contribution is 0.00578. The van der Waals surface area contributed by atoms with Crippen LogP contribution in [-0.4, -0.2) is 41.6 Å². The molecule has 2 heterocycles. The molecule has 0 atom stereocenters. The second kappa shape index (κ2) is 14.5. The van der Waals surface area contributed by atoms with Crippen LogP contribution in [0.2, 0.25) is 5.02 Å². The molecular weight excluding hydrogens is 613 g/mol. The Morgan fingerprint density at radius 1 is 0.894 bits per heavy atom. The standard InChI is InChI=1S/C37H41BClN3O5/c1-24-28(9-7-10-30(24)31-11-8-12-32(25(31)2)38-46-36(3,4)37(5,6)47-38)23-45-35-17-34(29(16-33(35)39)21-41-13-14-43)44-22-27-15-26(18-40)19-42-20-27/h7-12,15-17,19-20,41,43H,13-14,21-23H2,1-6H3. The van der Waals surface area contributed by atoms with Crippen LogP contribution in [-0.2, 0) is 29.1 Å². The van der Waals surface area contributed by atoms with Crippen LogP contribution in [0.3, 0.4) is 0 Å². The van der Waals surface area contributed by atoms with Crippen molar-refractivity contribution in [2.45, 2.75) is 72.5 Å². The van der Waals surface area contributed by atoms with E-state index in [4.69, 9.17) is 30.4 Å². The van der Waals surface area contributed by atoms with Gasteiger partial charge >= 0.3 is 7.12 Å². The molecular formula is C37H41BClN3O5. The lowest BCUT2D eigenvalue weighted by atomic mass is 9.74. The first-order valence-electron chi connectivity index (χ1n) is 15.7. The zero-order chi connectivity index (χ0) is 33.8. The Hall–Kier alpha value is -3.91. The molecule has 1 aliphatic rings. The van der Waals surface area contributed by atoms with Crippen molar-refractivity contribution < 1.29 is 23.9 Å². The third-order valence-electron chi connectivity index (χ3n) is 9.04.